The molecule has 0 saturated carbocycles. The van der Waals surface area contributed by atoms with Crippen LogP contribution in [0, 0.1) is 6.92 Å². The first-order chi connectivity index (χ1) is 13.2. The van der Waals surface area contributed by atoms with E-state index >= 15 is 0 Å². The smallest absolute Gasteiger partial charge is 0.239 e. The Balaban J connectivity index is 1.48. The number of oxazole rings is 1. The number of likely N-dealkylation sites (N-methyl/N-ethyl adjacent to an activating group) is 1. The summed E-state index contributed by atoms with van der Waals surface area (Å²) >= 11 is 0. The van der Waals surface area contributed by atoms with E-state index in [0.717, 1.165) is 23.5 Å². The van der Waals surface area contributed by atoms with Gasteiger partial charge >= 0.3 is 0 Å². The van der Waals surface area contributed by atoms with Crippen LogP contribution in [-0.4, -0.2) is 30.5 Å². The number of para-hydroxylation sites is 1. The first-order valence-electron chi connectivity index (χ1n) is 9.24. The van der Waals surface area contributed by atoms with E-state index in [2.05, 4.69) is 10.3 Å². The van der Waals surface area contributed by atoms with E-state index in [-0.39, 0.29) is 5.91 Å². The molecule has 2 aromatic carbocycles. The van der Waals surface area contributed by atoms with Crippen LogP contribution in [0.1, 0.15) is 18.2 Å². The number of amides is 1. The highest BCUT2D eigenvalue weighted by Crippen LogP contribution is 2.19. The molecule has 1 heterocycles. The summed E-state index contributed by atoms with van der Waals surface area (Å²) < 4.78 is 5.56. The minimum atomic E-state index is 0.00274. The lowest BCUT2D eigenvalue weighted by molar-refractivity contribution is -0.119. The lowest BCUT2D eigenvalue weighted by atomic mass is 10.1. The molecule has 0 aliphatic heterocycles. The zero-order valence-electron chi connectivity index (χ0n) is 15.8. The van der Waals surface area contributed by atoms with Crippen LogP contribution in [0.4, 0.5) is 5.69 Å². The average Bonchev–Trinajstić information content (AvgIpc) is 3.16. The van der Waals surface area contributed by atoms with Crippen LogP contribution in [0.5, 0.6) is 0 Å². The van der Waals surface area contributed by atoms with E-state index in [1.54, 1.807) is 6.26 Å². The third-order valence-corrected chi connectivity index (χ3v) is 4.39. The van der Waals surface area contributed by atoms with Crippen molar-refractivity contribution in [2.75, 3.05) is 24.5 Å². The summed E-state index contributed by atoms with van der Waals surface area (Å²) in [4.78, 5) is 18.8. The fourth-order valence-electron chi connectivity index (χ4n) is 2.83. The number of carbonyl (C=O) groups excluding carboxylic acids is 1. The summed E-state index contributed by atoms with van der Waals surface area (Å²) in [7, 11) is 0. The Hall–Kier alpha value is -3.08. The number of hydrogen-bond acceptors (Lipinski definition) is 4. The SMILES string of the molecule is CCN(CC(=O)NCCc1coc(-c2ccc(C)cc2)n1)c1ccccc1. The van der Waals surface area contributed by atoms with Crippen LogP contribution < -0.4 is 10.2 Å². The van der Waals surface area contributed by atoms with Gasteiger partial charge in [-0.1, -0.05) is 35.9 Å². The maximum atomic E-state index is 12.2. The molecule has 0 unspecified atom stereocenters. The Labute approximate surface area is 160 Å². The van der Waals surface area contributed by atoms with Gasteiger partial charge in [0.15, 0.2) is 0 Å². The number of aryl methyl sites for hydroxylation is 1. The van der Waals surface area contributed by atoms with Crippen molar-refractivity contribution in [2.24, 2.45) is 0 Å². The van der Waals surface area contributed by atoms with E-state index < -0.39 is 0 Å². The minimum Gasteiger partial charge on any atom is -0.444 e. The largest absolute Gasteiger partial charge is 0.444 e. The number of anilines is 1. The van der Waals surface area contributed by atoms with Crippen molar-refractivity contribution in [2.45, 2.75) is 20.3 Å². The predicted octanol–water partition coefficient (Wildman–Crippen LogP) is 3.84. The Bertz CT molecular complexity index is 857. The molecule has 0 radical (unpaired) electrons. The van der Waals surface area contributed by atoms with Gasteiger partial charge in [-0.25, -0.2) is 4.98 Å². The lowest BCUT2D eigenvalue weighted by Gasteiger charge is -2.22. The quantitative estimate of drug-likeness (QED) is 0.661. The topological polar surface area (TPSA) is 58.4 Å². The van der Waals surface area contributed by atoms with Gasteiger partial charge in [0.05, 0.1) is 12.2 Å². The van der Waals surface area contributed by atoms with Crippen LogP contribution >= 0.6 is 0 Å². The fourth-order valence-corrected chi connectivity index (χ4v) is 2.83. The van der Waals surface area contributed by atoms with Crippen LogP contribution in [-0.2, 0) is 11.2 Å². The highest BCUT2D eigenvalue weighted by atomic mass is 16.3. The number of rotatable bonds is 8. The molecular weight excluding hydrogens is 338 g/mol. The molecule has 0 spiro atoms. The van der Waals surface area contributed by atoms with Gasteiger partial charge in [-0.15, -0.1) is 0 Å². The fraction of sp³-hybridized carbons (Fsp3) is 0.273. The van der Waals surface area contributed by atoms with E-state index in [1.807, 2.05) is 73.3 Å². The van der Waals surface area contributed by atoms with Crippen molar-refractivity contribution in [1.29, 1.82) is 0 Å². The third kappa shape index (κ3) is 5.20. The lowest BCUT2D eigenvalue weighted by Crippen LogP contribution is -2.38. The maximum absolute atomic E-state index is 12.2. The van der Waals surface area contributed by atoms with Crippen molar-refractivity contribution in [3.8, 4) is 11.5 Å². The molecule has 1 N–H and O–H groups in total. The van der Waals surface area contributed by atoms with Crippen LogP contribution in [0.2, 0.25) is 0 Å². The Morgan fingerprint density at radius 1 is 1.11 bits per heavy atom. The van der Waals surface area contributed by atoms with E-state index in [0.29, 0.717) is 25.4 Å². The molecule has 0 aliphatic carbocycles. The zero-order chi connectivity index (χ0) is 19.1. The number of nitrogens with zero attached hydrogens (tertiary/aromatic N) is 2. The van der Waals surface area contributed by atoms with Gasteiger partial charge in [0.1, 0.15) is 6.26 Å². The first kappa shape index (κ1) is 18.7. The van der Waals surface area contributed by atoms with Crippen molar-refractivity contribution in [3.05, 3.63) is 72.1 Å². The monoisotopic (exact) mass is 363 g/mol. The van der Waals surface area contributed by atoms with Gasteiger partial charge in [-0.3, -0.25) is 4.79 Å². The predicted molar refractivity (Wildman–Crippen MR) is 108 cm³/mol. The Morgan fingerprint density at radius 3 is 2.56 bits per heavy atom. The number of benzene rings is 2. The molecule has 0 bridgehead atoms. The van der Waals surface area contributed by atoms with Crippen molar-refractivity contribution in [1.82, 2.24) is 10.3 Å². The van der Waals surface area contributed by atoms with Crippen molar-refractivity contribution < 1.29 is 9.21 Å². The first-order valence-corrected chi connectivity index (χ1v) is 9.24. The van der Waals surface area contributed by atoms with Gasteiger partial charge in [-0.2, -0.15) is 0 Å². The van der Waals surface area contributed by atoms with E-state index in [4.69, 9.17) is 4.42 Å². The summed E-state index contributed by atoms with van der Waals surface area (Å²) in [5.41, 5.74) is 4.04. The molecule has 0 atom stereocenters. The molecule has 27 heavy (non-hydrogen) atoms. The summed E-state index contributed by atoms with van der Waals surface area (Å²) in [6, 6.07) is 18.0. The maximum Gasteiger partial charge on any atom is 0.239 e. The molecule has 1 aromatic heterocycles. The minimum absolute atomic E-state index is 0.00274. The van der Waals surface area contributed by atoms with Crippen LogP contribution in [0.25, 0.3) is 11.5 Å². The second-order valence-corrected chi connectivity index (χ2v) is 6.46. The highest BCUT2D eigenvalue weighted by molar-refractivity contribution is 5.81. The molecule has 5 nitrogen and oxygen atoms in total. The average molecular weight is 363 g/mol. The van der Waals surface area contributed by atoms with Gasteiger partial charge < -0.3 is 14.6 Å². The summed E-state index contributed by atoms with van der Waals surface area (Å²) in [6.45, 7) is 5.74. The summed E-state index contributed by atoms with van der Waals surface area (Å²) in [5.74, 6) is 0.612. The molecule has 140 valence electrons. The second kappa shape index (κ2) is 9.03. The van der Waals surface area contributed by atoms with Gasteiger partial charge in [0.2, 0.25) is 11.8 Å². The van der Waals surface area contributed by atoms with E-state index in [1.165, 1.54) is 5.56 Å². The van der Waals surface area contributed by atoms with Crippen LogP contribution in [0.15, 0.2) is 65.3 Å². The number of carbonyl (C=O) groups is 1. The third-order valence-electron chi connectivity index (χ3n) is 4.39. The van der Waals surface area contributed by atoms with Gasteiger partial charge in [0, 0.05) is 30.8 Å². The van der Waals surface area contributed by atoms with Gasteiger partial charge in [0.25, 0.3) is 0 Å². The molecule has 3 aromatic rings. The summed E-state index contributed by atoms with van der Waals surface area (Å²) in [6.07, 6.45) is 2.29. The zero-order valence-corrected chi connectivity index (χ0v) is 15.8. The normalized spacial score (nSPS) is 10.6. The molecular formula is C22H25N3O2. The molecule has 1 amide bonds. The Morgan fingerprint density at radius 2 is 1.85 bits per heavy atom. The molecule has 0 fully saturated rings. The second-order valence-electron chi connectivity index (χ2n) is 6.46. The Kier molecular flexibility index (Phi) is 6.26. The summed E-state index contributed by atoms with van der Waals surface area (Å²) in [5, 5.41) is 2.96. The van der Waals surface area contributed by atoms with Crippen LogP contribution in [0.3, 0.4) is 0 Å². The molecule has 3 rings (SSSR count). The number of nitrogens with one attached hydrogen (secondary N) is 1. The molecule has 0 aliphatic rings. The number of aromatic nitrogens is 1. The van der Waals surface area contributed by atoms with Gasteiger partial charge in [-0.05, 0) is 38.1 Å². The standard InChI is InChI=1S/C22H25N3O2/c1-3-25(20-7-5-4-6-8-20)15-21(26)23-14-13-19-16-27-22(24-19)18-11-9-17(2)10-12-18/h4-12,16H,3,13-15H2,1-2H3,(H,23,26). The molecule has 0 saturated heterocycles. The number of hydrogen-bond donors (Lipinski definition) is 1. The van der Waals surface area contributed by atoms with E-state index in [9.17, 15) is 4.79 Å². The molecule has 5 heteroatoms. The van der Waals surface area contributed by atoms with Crippen molar-refractivity contribution >= 4 is 11.6 Å². The highest BCUT2D eigenvalue weighted by Gasteiger charge is 2.10. The van der Waals surface area contributed by atoms with Crippen molar-refractivity contribution in [3.63, 3.8) is 0 Å².